The van der Waals surface area contributed by atoms with E-state index < -0.39 is 0 Å². The highest BCUT2D eigenvalue weighted by Crippen LogP contribution is 2.66. The van der Waals surface area contributed by atoms with Crippen LogP contribution in [0.15, 0.2) is 23.8 Å². The smallest absolute Gasteiger partial charge is 0.0543 e. The lowest BCUT2D eigenvalue weighted by atomic mass is 9.47. The van der Waals surface area contributed by atoms with Crippen molar-refractivity contribution >= 4 is 0 Å². The third kappa shape index (κ3) is 3.66. The molecule has 0 radical (unpaired) electrons. The van der Waals surface area contributed by atoms with Gasteiger partial charge in [-0.25, -0.2) is 0 Å². The van der Waals surface area contributed by atoms with E-state index in [1.807, 2.05) is 5.57 Å². The van der Waals surface area contributed by atoms with Crippen molar-refractivity contribution in [2.45, 2.75) is 105 Å². The Morgan fingerprint density at radius 1 is 1.00 bits per heavy atom. The average Bonchev–Trinajstić information content (AvgIpc) is 3.06. The molecule has 0 bridgehead atoms. The van der Waals surface area contributed by atoms with Gasteiger partial charge in [-0.3, -0.25) is 0 Å². The van der Waals surface area contributed by atoms with E-state index >= 15 is 0 Å². The summed E-state index contributed by atoms with van der Waals surface area (Å²) in [4.78, 5) is 0. The summed E-state index contributed by atoms with van der Waals surface area (Å²) in [6.07, 6.45) is 19.2. The molecular formula is C29H48O. The van der Waals surface area contributed by atoms with Crippen molar-refractivity contribution < 1.29 is 5.11 Å². The summed E-state index contributed by atoms with van der Waals surface area (Å²) < 4.78 is 0. The molecular weight excluding hydrogens is 364 g/mol. The molecule has 1 heteroatoms. The first-order chi connectivity index (χ1) is 14.2. The summed E-state index contributed by atoms with van der Waals surface area (Å²) in [5.74, 6) is 5.32. The Hall–Kier alpha value is -0.560. The highest BCUT2D eigenvalue weighted by molar-refractivity contribution is 5.28. The molecule has 0 aromatic rings. The standard InChI is InChI=1S/C29H48O/c1-7-21(19(2)3)9-8-20(4)25-12-13-26-24-11-10-22-18-23(30)14-16-28(22,5)27(24)15-17-29(25,26)6/h8-9,11,19-23,25-27,30H,7,10,12-18H2,1-6H3/b9-8+/t20-,21+,22+,23-,25+,26-,27-,28-,29+/m0/s1. The van der Waals surface area contributed by atoms with Gasteiger partial charge in [-0.2, -0.15) is 0 Å². The topological polar surface area (TPSA) is 20.2 Å². The van der Waals surface area contributed by atoms with E-state index in [1.54, 1.807) is 0 Å². The zero-order chi connectivity index (χ0) is 21.7. The first-order valence-corrected chi connectivity index (χ1v) is 13.3. The van der Waals surface area contributed by atoms with Crippen LogP contribution < -0.4 is 0 Å². The van der Waals surface area contributed by atoms with E-state index in [0.717, 1.165) is 42.4 Å². The summed E-state index contributed by atoms with van der Waals surface area (Å²) in [6.45, 7) is 14.8. The van der Waals surface area contributed by atoms with Gasteiger partial charge in [0.1, 0.15) is 0 Å². The Balaban J connectivity index is 1.53. The second-order valence-corrected chi connectivity index (χ2v) is 12.5. The maximum absolute atomic E-state index is 10.3. The van der Waals surface area contributed by atoms with E-state index in [4.69, 9.17) is 0 Å². The highest BCUT2D eigenvalue weighted by Gasteiger charge is 2.57. The molecule has 0 spiro atoms. The van der Waals surface area contributed by atoms with Crippen LogP contribution in [-0.2, 0) is 0 Å². The lowest BCUT2D eigenvalue weighted by Crippen LogP contribution is -2.49. The number of aliphatic hydroxyl groups is 1. The molecule has 4 rings (SSSR count). The third-order valence-corrected chi connectivity index (χ3v) is 10.7. The van der Waals surface area contributed by atoms with Crippen LogP contribution in [0.5, 0.6) is 0 Å². The number of allylic oxidation sites excluding steroid dienone is 4. The van der Waals surface area contributed by atoms with Crippen LogP contribution in [0.25, 0.3) is 0 Å². The van der Waals surface area contributed by atoms with Crippen LogP contribution in [0.4, 0.5) is 0 Å². The van der Waals surface area contributed by atoms with Crippen molar-refractivity contribution in [3.8, 4) is 0 Å². The van der Waals surface area contributed by atoms with Gasteiger partial charge in [-0.05, 0) is 110 Å². The molecule has 3 fully saturated rings. The number of aliphatic hydroxyl groups excluding tert-OH is 1. The van der Waals surface area contributed by atoms with Gasteiger partial charge in [-0.1, -0.05) is 65.3 Å². The van der Waals surface area contributed by atoms with Crippen molar-refractivity contribution in [3.05, 3.63) is 23.8 Å². The Kier molecular flexibility index (Phi) is 6.35. The molecule has 9 atom stereocenters. The predicted octanol–water partition coefficient (Wildman–Crippen LogP) is 7.80. The Morgan fingerprint density at radius 3 is 2.40 bits per heavy atom. The van der Waals surface area contributed by atoms with Crippen LogP contribution in [0, 0.1) is 52.3 Å². The van der Waals surface area contributed by atoms with Crippen molar-refractivity contribution in [1.29, 1.82) is 0 Å². The zero-order valence-electron chi connectivity index (χ0n) is 20.7. The fraction of sp³-hybridized carbons (Fsp3) is 0.862. The molecule has 0 unspecified atom stereocenters. The highest BCUT2D eigenvalue weighted by atomic mass is 16.3. The summed E-state index contributed by atoms with van der Waals surface area (Å²) in [6, 6.07) is 0. The molecule has 0 aromatic carbocycles. The van der Waals surface area contributed by atoms with Crippen LogP contribution in [0.1, 0.15) is 99.3 Å². The summed E-state index contributed by atoms with van der Waals surface area (Å²) in [5.41, 5.74) is 2.79. The minimum Gasteiger partial charge on any atom is -0.393 e. The largest absolute Gasteiger partial charge is 0.393 e. The fourth-order valence-corrected chi connectivity index (χ4v) is 8.68. The van der Waals surface area contributed by atoms with Crippen molar-refractivity contribution in [3.63, 3.8) is 0 Å². The summed E-state index contributed by atoms with van der Waals surface area (Å²) >= 11 is 0. The van der Waals surface area contributed by atoms with Crippen LogP contribution in [0.2, 0.25) is 0 Å². The number of hydrogen-bond acceptors (Lipinski definition) is 1. The minimum absolute atomic E-state index is 0.0480. The molecule has 1 N–H and O–H groups in total. The molecule has 1 nitrogen and oxygen atoms in total. The summed E-state index contributed by atoms with van der Waals surface area (Å²) in [7, 11) is 0. The van der Waals surface area contributed by atoms with Gasteiger partial charge in [0.2, 0.25) is 0 Å². The molecule has 0 saturated heterocycles. The number of fused-ring (bicyclic) bond motifs is 5. The molecule has 4 aliphatic rings. The van der Waals surface area contributed by atoms with Gasteiger partial charge in [0.25, 0.3) is 0 Å². The van der Waals surface area contributed by atoms with E-state index in [1.165, 1.54) is 44.9 Å². The lowest BCUT2D eigenvalue weighted by Gasteiger charge is -2.57. The second kappa shape index (κ2) is 8.42. The van der Waals surface area contributed by atoms with Gasteiger partial charge in [-0.15, -0.1) is 0 Å². The molecule has 0 amide bonds. The van der Waals surface area contributed by atoms with Gasteiger partial charge < -0.3 is 5.11 Å². The van der Waals surface area contributed by atoms with E-state index in [2.05, 4.69) is 59.8 Å². The van der Waals surface area contributed by atoms with E-state index in [0.29, 0.717) is 22.7 Å². The molecule has 30 heavy (non-hydrogen) atoms. The lowest BCUT2D eigenvalue weighted by molar-refractivity contribution is -0.0414. The van der Waals surface area contributed by atoms with Gasteiger partial charge in [0.05, 0.1) is 6.10 Å². The van der Waals surface area contributed by atoms with E-state index in [-0.39, 0.29) is 6.10 Å². The number of hydrogen-bond donors (Lipinski definition) is 1. The summed E-state index contributed by atoms with van der Waals surface area (Å²) in [5, 5.41) is 10.3. The van der Waals surface area contributed by atoms with Crippen LogP contribution in [-0.4, -0.2) is 11.2 Å². The second-order valence-electron chi connectivity index (χ2n) is 12.5. The number of rotatable bonds is 5. The Labute approximate surface area is 186 Å². The monoisotopic (exact) mass is 412 g/mol. The van der Waals surface area contributed by atoms with Gasteiger partial charge >= 0.3 is 0 Å². The molecule has 0 aromatic heterocycles. The Morgan fingerprint density at radius 2 is 1.70 bits per heavy atom. The maximum Gasteiger partial charge on any atom is 0.0543 e. The van der Waals surface area contributed by atoms with Crippen LogP contribution in [0.3, 0.4) is 0 Å². The molecule has 170 valence electrons. The van der Waals surface area contributed by atoms with Crippen molar-refractivity contribution in [2.24, 2.45) is 52.3 Å². The van der Waals surface area contributed by atoms with Crippen molar-refractivity contribution in [1.82, 2.24) is 0 Å². The Bertz CT molecular complexity index is 674. The first-order valence-electron chi connectivity index (χ1n) is 13.3. The average molecular weight is 413 g/mol. The van der Waals surface area contributed by atoms with Gasteiger partial charge in [0.15, 0.2) is 0 Å². The van der Waals surface area contributed by atoms with E-state index in [9.17, 15) is 5.11 Å². The molecule has 4 aliphatic carbocycles. The maximum atomic E-state index is 10.3. The zero-order valence-corrected chi connectivity index (χ0v) is 20.7. The van der Waals surface area contributed by atoms with Gasteiger partial charge in [0, 0.05) is 0 Å². The first kappa shape index (κ1) is 22.6. The minimum atomic E-state index is -0.0480. The molecule has 0 heterocycles. The third-order valence-electron chi connectivity index (χ3n) is 10.7. The molecule has 0 aliphatic heterocycles. The van der Waals surface area contributed by atoms with Crippen LogP contribution >= 0.6 is 0 Å². The predicted molar refractivity (Wildman–Crippen MR) is 128 cm³/mol. The fourth-order valence-electron chi connectivity index (χ4n) is 8.68. The quantitative estimate of drug-likeness (QED) is 0.457. The normalized spacial score (nSPS) is 45.6. The molecule has 3 saturated carbocycles. The SMILES string of the molecule is CC[C@H](/C=C/[C@H](C)[C@H]1CC[C@H]2C3=CC[C@@H]4C[C@@H](O)CC[C@]4(C)[C@H]3CC[C@]12C)C(C)C. The van der Waals surface area contributed by atoms with Crippen molar-refractivity contribution in [2.75, 3.05) is 0 Å².